The molecular weight excluding hydrogens is 418 g/mol. The highest BCUT2D eigenvalue weighted by atomic mass is 19.1. The maximum atomic E-state index is 13.7. The SMILES string of the molecule is CC1(C)C[C@H](C(=O)N2N=CC[C@H]2c2cc(F)cc(F)c2)CCN1c1cc(C(N)=O)ncn1. The fraction of sp³-hybridized carbons (Fsp3) is 0.409. The lowest BCUT2D eigenvalue weighted by Crippen LogP contribution is -2.53. The number of nitrogens with two attached hydrogens (primary N) is 1. The van der Waals surface area contributed by atoms with Gasteiger partial charge in [-0.2, -0.15) is 5.10 Å². The summed E-state index contributed by atoms with van der Waals surface area (Å²) in [5.74, 6) is -1.94. The van der Waals surface area contributed by atoms with Gasteiger partial charge in [-0.05, 0) is 44.4 Å². The zero-order valence-electron chi connectivity index (χ0n) is 17.8. The standard InChI is InChI=1S/C22H24F2N6O2/c1-22(2)11-13(4-6-29(22)19-10-17(20(25)31)26-12-27-19)21(32)30-18(3-5-28-30)14-7-15(23)9-16(24)8-14/h5,7-10,12-13,18H,3-4,6,11H2,1-2H3,(H2,25,31)/t13-,18+/m1/s1. The van der Waals surface area contributed by atoms with Crippen LogP contribution in [0.25, 0.3) is 0 Å². The van der Waals surface area contributed by atoms with Gasteiger partial charge in [-0.3, -0.25) is 9.59 Å². The quantitative estimate of drug-likeness (QED) is 0.784. The number of hydrazone groups is 1. The fourth-order valence-electron chi connectivity index (χ4n) is 4.53. The Labute approximate surface area is 184 Å². The van der Waals surface area contributed by atoms with Crippen LogP contribution in [-0.4, -0.2) is 45.1 Å². The molecule has 2 aliphatic rings. The molecule has 1 aromatic carbocycles. The van der Waals surface area contributed by atoms with Gasteiger partial charge in [-0.15, -0.1) is 0 Å². The van der Waals surface area contributed by atoms with Gasteiger partial charge in [-0.1, -0.05) is 0 Å². The van der Waals surface area contributed by atoms with Gasteiger partial charge >= 0.3 is 0 Å². The Balaban J connectivity index is 1.52. The zero-order chi connectivity index (χ0) is 23.0. The number of halogens is 2. The molecule has 2 aromatic rings. The van der Waals surface area contributed by atoms with E-state index in [1.807, 2.05) is 18.7 Å². The summed E-state index contributed by atoms with van der Waals surface area (Å²) in [4.78, 5) is 35.0. The minimum Gasteiger partial charge on any atom is -0.364 e. The van der Waals surface area contributed by atoms with Crippen molar-refractivity contribution in [3.63, 3.8) is 0 Å². The molecule has 32 heavy (non-hydrogen) atoms. The summed E-state index contributed by atoms with van der Waals surface area (Å²) in [5, 5.41) is 5.56. The molecule has 0 bridgehead atoms. The van der Waals surface area contributed by atoms with Gasteiger partial charge in [0.1, 0.15) is 29.5 Å². The second-order valence-corrected chi connectivity index (χ2v) is 8.71. The smallest absolute Gasteiger partial charge is 0.267 e. The number of nitrogens with zero attached hydrogens (tertiary/aromatic N) is 5. The molecule has 0 spiro atoms. The van der Waals surface area contributed by atoms with E-state index in [2.05, 4.69) is 15.1 Å². The largest absolute Gasteiger partial charge is 0.364 e. The first-order chi connectivity index (χ1) is 15.2. The molecule has 0 unspecified atom stereocenters. The Morgan fingerprint density at radius 3 is 2.50 bits per heavy atom. The molecule has 2 N–H and O–H groups in total. The monoisotopic (exact) mass is 442 g/mol. The molecule has 2 atom stereocenters. The van der Waals surface area contributed by atoms with E-state index < -0.39 is 29.1 Å². The lowest BCUT2D eigenvalue weighted by atomic mass is 9.81. The number of rotatable bonds is 4. The van der Waals surface area contributed by atoms with Crippen LogP contribution in [0.3, 0.4) is 0 Å². The maximum Gasteiger partial charge on any atom is 0.267 e. The highest BCUT2D eigenvalue weighted by Crippen LogP contribution is 2.38. The van der Waals surface area contributed by atoms with Gasteiger partial charge in [-0.25, -0.2) is 23.8 Å². The van der Waals surface area contributed by atoms with E-state index in [-0.39, 0.29) is 17.5 Å². The summed E-state index contributed by atoms with van der Waals surface area (Å²) in [6.45, 7) is 4.51. The molecule has 1 fully saturated rings. The van der Waals surface area contributed by atoms with Crippen LogP contribution in [0.4, 0.5) is 14.6 Å². The molecule has 1 aromatic heterocycles. The first-order valence-corrected chi connectivity index (χ1v) is 10.4. The van der Waals surface area contributed by atoms with Crippen molar-refractivity contribution in [1.82, 2.24) is 15.0 Å². The van der Waals surface area contributed by atoms with Crippen molar-refractivity contribution in [2.75, 3.05) is 11.4 Å². The van der Waals surface area contributed by atoms with Crippen LogP contribution in [0.15, 0.2) is 35.7 Å². The fourth-order valence-corrected chi connectivity index (χ4v) is 4.53. The van der Waals surface area contributed by atoms with Crippen molar-refractivity contribution < 1.29 is 18.4 Å². The Kier molecular flexibility index (Phi) is 5.62. The number of carbonyl (C=O) groups is 2. The van der Waals surface area contributed by atoms with Gasteiger partial charge in [0.05, 0.1) is 6.04 Å². The summed E-state index contributed by atoms with van der Waals surface area (Å²) >= 11 is 0. The second kappa shape index (κ2) is 8.25. The average Bonchev–Trinajstić information content (AvgIpc) is 3.21. The van der Waals surface area contributed by atoms with Crippen molar-refractivity contribution in [3.05, 3.63) is 53.5 Å². The molecule has 3 heterocycles. The number of piperidine rings is 1. The van der Waals surface area contributed by atoms with E-state index in [1.165, 1.54) is 23.5 Å². The second-order valence-electron chi connectivity index (χ2n) is 8.71. The Morgan fingerprint density at radius 2 is 1.84 bits per heavy atom. The summed E-state index contributed by atoms with van der Waals surface area (Å²) in [6.07, 6.45) is 4.34. The Morgan fingerprint density at radius 1 is 1.12 bits per heavy atom. The van der Waals surface area contributed by atoms with Crippen LogP contribution >= 0.6 is 0 Å². The molecule has 0 radical (unpaired) electrons. The Hall–Kier alpha value is -3.43. The van der Waals surface area contributed by atoms with Crippen LogP contribution in [-0.2, 0) is 4.79 Å². The topological polar surface area (TPSA) is 105 Å². The molecular formula is C22H24F2N6O2. The number of carbonyl (C=O) groups excluding carboxylic acids is 2. The minimum atomic E-state index is -0.686. The molecule has 168 valence electrons. The molecule has 0 aliphatic carbocycles. The number of amides is 2. The van der Waals surface area contributed by atoms with E-state index in [9.17, 15) is 18.4 Å². The number of benzene rings is 1. The van der Waals surface area contributed by atoms with Crippen LogP contribution < -0.4 is 10.6 Å². The lowest BCUT2D eigenvalue weighted by Gasteiger charge is -2.46. The Bertz CT molecular complexity index is 1070. The van der Waals surface area contributed by atoms with Gasteiger partial charge in [0.2, 0.25) is 5.91 Å². The summed E-state index contributed by atoms with van der Waals surface area (Å²) in [6, 6.07) is 4.29. The van der Waals surface area contributed by atoms with Crippen LogP contribution in [0.1, 0.15) is 55.2 Å². The minimum absolute atomic E-state index is 0.126. The van der Waals surface area contributed by atoms with E-state index in [4.69, 9.17) is 5.73 Å². The van der Waals surface area contributed by atoms with Crippen molar-refractivity contribution in [2.45, 2.75) is 44.7 Å². The third-order valence-electron chi connectivity index (χ3n) is 6.03. The first-order valence-electron chi connectivity index (χ1n) is 10.4. The van der Waals surface area contributed by atoms with Crippen LogP contribution in [0.2, 0.25) is 0 Å². The number of primary amides is 1. The highest BCUT2D eigenvalue weighted by Gasteiger charge is 2.42. The van der Waals surface area contributed by atoms with E-state index in [0.717, 1.165) is 6.07 Å². The van der Waals surface area contributed by atoms with Gasteiger partial charge < -0.3 is 10.6 Å². The van der Waals surface area contributed by atoms with Crippen LogP contribution in [0, 0.1) is 17.6 Å². The molecule has 2 aliphatic heterocycles. The van der Waals surface area contributed by atoms with Crippen LogP contribution in [0.5, 0.6) is 0 Å². The molecule has 8 nitrogen and oxygen atoms in total. The predicted molar refractivity (Wildman–Crippen MR) is 114 cm³/mol. The molecule has 2 amide bonds. The van der Waals surface area contributed by atoms with E-state index in [1.54, 1.807) is 12.3 Å². The maximum absolute atomic E-state index is 13.7. The zero-order valence-corrected chi connectivity index (χ0v) is 17.8. The van der Waals surface area contributed by atoms with Gasteiger partial charge in [0, 0.05) is 42.8 Å². The molecule has 10 heteroatoms. The first kappa shape index (κ1) is 21.8. The lowest BCUT2D eigenvalue weighted by molar-refractivity contribution is -0.138. The number of hydrogen-bond acceptors (Lipinski definition) is 6. The average molecular weight is 442 g/mol. The van der Waals surface area contributed by atoms with Crippen molar-refractivity contribution in [3.8, 4) is 0 Å². The summed E-state index contributed by atoms with van der Waals surface area (Å²) in [7, 11) is 0. The third kappa shape index (κ3) is 4.17. The van der Waals surface area contributed by atoms with Crippen molar-refractivity contribution in [1.29, 1.82) is 0 Å². The summed E-state index contributed by atoms with van der Waals surface area (Å²) in [5.41, 5.74) is 5.39. The molecule has 0 saturated carbocycles. The number of aromatic nitrogens is 2. The third-order valence-corrected chi connectivity index (χ3v) is 6.03. The summed E-state index contributed by atoms with van der Waals surface area (Å²) < 4.78 is 27.4. The van der Waals surface area contributed by atoms with E-state index >= 15 is 0 Å². The van der Waals surface area contributed by atoms with Crippen molar-refractivity contribution in [2.24, 2.45) is 16.8 Å². The molecule has 1 saturated heterocycles. The highest BCUT2D eigenvalue weighted by molar-refractivity contribution is 5.91. The molecule has 4 rings (SSSR count). The van der Waals surface area contributed by atoms with Gasteiger partial charge in [0.15, 0.2) is 0 Å². The predicted octanol–water partition coefficient (Wildman–Crippen LogP) is 2.81. The number of hydrogen-bond donors (Lipinski definition) is 1. The van der Waals surface area contributed by atoms with Gasteiger partial charge in [0.25, 0.3) is 5.91 Å². The van der Waals surface area contributed by atoms with E-state index in [0.29, 0.717) is 37.2 Å². The normalized spacial score (nSPS) is 22.2. The van der Waals surface area contributed by atoms with Crippen molar-refractivity contribution >= 4 is 23.8 Å². The number of anilines is 1.